The first-order valence-corrected chi connectivity index (χ1v) is 25.8. The minimum atomic E-state index is -0.0487. The number of nitrogens with zero attached hydrogens (tertiary/aromatic N) is 2. The van der Waals surface area contributed by atoms with Gasteiger partial charge >= 0.3 is 0 Å². The molecule has 0 N–H and O–H groups in total. The molecule has 10 rings (SSSR count). The Morgan fingerprint density at radius 3 is 1.63 bits per heavy atom. The lowest BCUT2D eigenvalue weighted by atomic mass is 9.33. The normalized spacial score (nSPS) is 16.5. The average Bonchev–Trinajstić information content (AvgIpc) is 3.62. The van der Waals surface area contributed by atoms with Crippen LogP contribution in [0.3, 0.4) is 0 Å². The van der Waals surface area contributed by atoms with E-state index >= 15 is 0 Å². The van der Waals surface area contributed by atoms with Crippen LogP contribution in [0.4, 0.5) is 33.4 Å². The second-order valence-corrected chi connectivity index (χ2v) is 26.9. The lowest BCUT2D eigenvalue weighted by Crippen LogP contribution is -2.61. The fraction of sp³-hybridized carbons (Fsp3) is 0.397. The Labute approximate surface area is 407 Å². The Kier molecular flexibility index (Phi) is 10.2. The maximum atomic E-state index is 2.76. The number of thiophene rings is 1. The van der Waals surface area contributed by atoms with Gasteiger partial charge in [0, 0.05) is 33.0 Å². The molecule has 6 aromatic carbocycles. The Hall–Kier alpha value is -5.06. The zero-order valence-electron chi connectivity index (χ0n) is 43.7. The summed E-state index contributed by atoms with van der Waals surface area (Å²) in [7, 11) is 0. The third-order valence-electron chi connectivity index (χ3n) is 15.8. The third-order valence-corrected chi connectivity index (χ3v) is 17.0. The molecular weight excluding hydrogens is 828 g/mol. The van der Waals surface area contributed by atoms with Gasteiger partial charge < -0.3 is 9.80 Å². The smallest absolute Gasteiger partial charge is 0.254 e. The summed E-state index contributed by atoms with van der Waals surface area (Å²) in [5.74, 6) is 0. The Morgan fingerprint density at radius 1 is 0.507 bits per heavy atom. The monoisotopic (exact) mass is 901 g/mol. The average molecular weight is 901 g/mol. The van der Waals surface area contributed by atoms with Crippen molar-refractivity contribution in [2.75, 3.05) is 9.80 Å². The van der Waals surface area contributed by atoms with E-state index in [1.807, 2.05) is 11.3 Å². The minimum absolute atomic E-state index is 0.0109. The molecular formula is C63H73BN2S. The molecule has 0 amide bonds. The number of fused-ring (bicyclic) bond motifs is 8. The Morgan fingerprint density at radius 2 is 1.03 bits per heavy atom. The summed E-state index contributed by atoms with van der Waals surface area (Å²) < 4.78 is 1.35. The van der Waals surface area contributed by atoms with Gasteiger partial charge in [-0.05, 0) is 161 Å². The molecule has 1 aromatic heterocycles. The molecule has 2 nitrogen and oxygen atoms in total. The SMILES string of the molecule is Cc1cc2c3c(c1)N(c1ccc(C(C)(C)C)cc1-c1ccc(C(C)(C)C)cc1)c1c(ccc4c1C(C)(C)CCC4(C)C)B3c1c(sc3ccc(C(C)(C)C)cc13)N2c1ccc(C(C)(C)C)cc1. The third kappa shape index (κ3) is 7.42. The molecule has 2 aliphatic heterocycles. The highest BCUT2D eigenvalue weighted by Gasteiger charge is 2.50. The van der Waals surface area contributed by atoms with Crippen molar-refractivity contribution in [1.29, 1.82) is 0 Å². The van der Waals surface area contributed by atoms with Crippen molar-refractivity contribution in [2.45, 2.75) is 163 Å². The highest BCUT2D eigenvalue weighted by atomic mass is 32.1. The molecule has 3 aliphatic rings. The molecule has 4 heteroatoms. The number of rotatable bonds is 3. The van der Waals surface area contributed by atoms with Crippen LogP contribution < -0.4 is 26.2 Å². The molecule has 0 fully saturated rings. The van der Waals surface area contributed by atoms with Gasteiger partial charge in [-0.1, -0.05) is 178 Å². The molecule has 0 atom stereocenters. The van der Waals surface area contributed by atoms with Crippen LogP contribution in [0.25, 0.3) is 21.2 Å². The molecule has 3 heterocycles. The van der Waals surface area contributed by atoms with Crippen LogP contribution in [0.2, 0.25) is 0 Å². The van der Waals surface area contributed by atoms with E-state index in [-0.39, 0.29) is 39.2 Å². The Balaban J connectivity index is 1.36. The van der Waals surface area contributed by atoms with Crippen LogP contribution in [-0.2, 0) is 32.5 Å². The van der Waals surface area contributed by atoms with Crippen LogP contribution in [0.15, 0.2) is 109 Å². The molecule has 1 aliphatic carbocycles. The van der Waals surface area contributed by atoms with Crippen molar-refractivity contribution in [3.63, 3.8) is 0 Å². The summed E-state index contributed by atoms with van der Waals surface area (Å²) in [6.45, 7) is 40.4. The topological polar surface area (TPSA) is 6.48 Å². The number of anilines is 6. The summed E-state index contributed by atoms with van der Waals surface area (Å²) in [6, 6.07) is 43.9. The van der Waals surface area contributed by atoms with Crippen molar-refractivity contribution < 1.29 is 0 Å². The van der Waals surface area contributed by atoms with E-state index in [2.05, 4.69) is 237 Å². The van der Waals surface area contributed by atoms with E-state index in [0.717, 1.165) is 6.42 Å². The zero-order valence-corrected chi connectivity index (χ0v) is 44.5. The van der Waals surface area contributed by atoms with E-state index < -0.39 is 0 Å². The second-order valence-electron chi connectivity index (χ2n) is 25.9. The van der Waals surface area contributed by atoms with Gasteiger partial charge in [-0.25, -0.2) is 0 Å². The predicted molar refractivity (Wildman–Crippen MR) is 296 cm³/mol. The first-order chi connectivity index (χ1) is 31.1. The summed E-state index contributed by atoms with van der Waals surface area (Å²) in [6.07, 6.45) is 2.30. The molecule has 0 unspecified atom stereocenters. The Bertz CT molecular complexity index is 3110. The van der Waals surface area contributed by atoms with Crippen LogP contribution in [0, 0.1) is 6.92 Å². The van der Waals surface area contributed by atoms with E-state index in [1.54, 1.807) is 0 Å². The largest absolute Gasteiger partial charge is 0.310 e. The maximum Gasteiger partial charge on any atom is 0.254 e. The van der Waals surface area contributed by atoms with Gasteiger partial charge in [-0.2, -0.15) is 0 Å². The first kappa shape index (κ1) is 45.7. The standard InChI is InChI=1S/C63H73BN2S/c1-38-34-50-55-51(35-38)66(49-30-24-42(60(8,9)10)36-45(49)39-18-20-40(21-19-39)58(2,3)4)56-48(29-28-47-53(56)63(16,17)33-32-62(47,14)15)64(55)54-46-37-43(61(11,12)13)25-31-52(46)67-57(54)65(50)44-26-22-41(23-27-44)59(5,6)7/h18-31,34-37H,32-33H2,1-17H3. The van der Waals surface area contributed by atoms with Crippen LogP contribution in [-0.4, -0.2) is 6.71 Å². The van der Waals surface area contributed by atoms with Gasteiger partial charge in [0.25, 0.3) is 6.71 Å². The quantitative estimate of drug-likeness (QED) is 0.163. The van der Waals surface area contributed by atoms with Crippen LogP contribution in [0.5, 0.6) is 0 Å². The highest BCUT2D eigenvalue weighted by Crippen LogP contribution is 2.56. The number of hydrogen-bond acceptors (Lipinski definition) is 3. The van der Waals surface area contributed by atoms with Gasteiger partial charge in [0.05, 0.1) is 10.7 Å². The molecule has 344 valence electrons. The minimum Gasteiger partial charge on any atom is -0.310 e. The van der Waals surface area contributed by atoms with E-state index in [4.69, 9.17) is 0 Å². The van der Waals surface area contributed by atoms with Crippen molar-refractivity contribution >= 4 is 78.0 Å². The number of benzene rings is 6. The molecule has 0 radical (unpaired) electrons. The van der Waals surface area contributed by atoms with E-state index in [1.165, 1.54) is 116 Å². The predicted octanol–water partition coefficient (Wildman–Crippen LogP) is 16.5. The highest BCUT2D eigenvalue weighted by molar-refractivity contribution is 7.26. The van der Waals surface area contributed by atoms with Crippen LogP contribution in [0.1, 0.15) is 163 Å². The summed E-state index contributed by atoms with van der Waals surface area (Å²) in [5.41, 5.74) is 23.0. The van der Waals surface area contributed by atoms with Crippen molar-refractivity contribution in [1.82, 2.24) is 0 Å². The van der Waals surface area contributed by atoms with Crippen molar-refractivity contribution in [3.05, 3.63) is 148 Å². The van der Waals surface area contributed by atoms with Crippen molar-refractivity contribution in [3.8, 4) is 11.1 Å². The molecule has 0 saturated heterocycles. The maximum absolute atomic E-state index is 2.76. The second kappa shape index (κ2) is 15.0. The zero-order chi connectivity index (χ0) is 48.1. The van der Waals surface area contributed by atoms with Gasteiger partial charge in [-0.15, -0.1) is 11.3 Å². The van der Waals surface area contributed by atoms with Gasteiger partial charge in [0.2, 0.25) is 0 Å². The fourth-order valence-corrected chi connectivity index (χ4v) is 12.8. The number of aryl methyl sites for hydroxylation is 1. The van der Waals surface area contributed by atoms with Gasteiger partial charge in [-0.3, -0.25) is 0 Å². The summed E-state index contributed by atoms with van der Waals surface area (Å²) in [4.78, 5) is 5.40. The van der Waals surface area contributed by atoms with E-state index in [0.29, 0.717) is 0 Å². The number of hydrogen-bond donors (Lipinski definition) is 0. The van der Waals surface area contributed by atoms with E-state index in [9.17, 15) is 0 Å². The lowest BCUT2D eigenvalue weighted by Gasteiger charge is -2.49. The summed E-state index contributed by atoms with van der Waals surface area (Å²) in [5, 5.41) is 2.72. The molecule has 7 aromatic rings. The molecule has 67 heavy (non-hydrogen) atoms. The fourth-order valence-electron chi connectivity index (χ4n) is 11.5. The lowest BCUT2D eigenvalue weighted by molar-refractivity contribution is 0.333. The van der Waals surface area contributed by atoms with Gasteiger partial charge in [0.15, 0.2) is 0 Å². The summed E-state index contributed by atoms with van der Waals surface area (Å²) >= 11 is 1.97. The molecule has 0 spiro atoms. The first-order valence-electron chi connectivity index (χ1n) is 25.0. The van der Waals surface area contributed by atoms with Crippen molar-refractivity contribution in [2.24, 2.45) is 0 Å². The molecule has 0 bridgehead atoms. The molecule has 0 saturated carbocycles. The van der Waals surface area contributed by atoms with Gasteiger partial charge in [0.1, 0.15) is 0 Å². The van der Waals surface area contributed by atoms with Crippen LogP contribution >= 0.6 is 11.3 Å².